The third-order valence-electron chi connectivity index (χ3n) is 4.70. The van der Waals surface area contributed by atoms with Gasteiger partial charge in [-0.05, 0) is 48.7 Å². The molecular formula is C22H19FN2O3S. The van der Waals surface area contributed by atoms with Gasteiger partial charge in [0, 0.05) is 16.1 Å². The van der Waals surface area contributed by atoms with Gasteiger partial charge < -0.3 is 15.0 Å². The van der Waals surface area contributed by atoms with Gasteiger partial charge in [0.25, 0.3) is 5.91 Å². The fourth-order valence-electron chi connectivity index (χ4n) is 3.50. The van der Waals surface area contributed by atoms with Crippen LogP contribution in [0.5, 0.6) is 5.75 Å². The lowest BCUT2D eigenvalue weighted by atomic mass is 10.0. The summed E-state index contributed by atoms with van der Waals surface area (Å²) in [7, 11) is 0. The predicted molar refractivity (Wildman–Crippen MR) is 110 cm³/mol. The van der Waals surface area contributed by atoms with E-state index >= 15 is 0 Å². The minimum atomic E-state index is -0.596. The van der Waals surface area contributed by atoms with Crippen LogP contribution < -0.4 is 10.1 Å². The molecule has 2 heterocycles. The van der Waals surface area contributed by atoms with Crippen LogP contribution in [-0.4, -0.2) is 29.9 Å². The van der Waals surface area contributed by atoms with E-state index in [1.807, 2.05) is 24.4 Å². The maximum absolute atomic E-state index is 14.1. The van der Waals surface area contributed by atoms with Gasteiger partial charge in [-0.1, -0.05) is 18.2 Å². The SMILES string of the molecule is CCOc1ccccc1C(=O)N1CC(=O)Nc2ccc(F)cc2C1c1cccs1. The van der Waals surface area contributed by atoms with Crippen LogP contribution in [0.1, 0.15) is 33.8 Å². The molecule has 0 saturated carbocycles. The van der Waals surface area contributed by atoms with E-state index in [4.69, 9.17) is 4.74 Å². The van der Waals surface area contributed by atoms with Crippen LogP contribution in [0.15, 0.2) is 60.0 Å². The van der Waals surface area contributed by atoms with Gasteiger partial charge in [-0.2, -0.15) is 0 Å². The number of nitrogens with one attached hydrogen (secondary N) is 1. The Morgan fingerprint density at radius 3 is 2.83 bits per heavy atom. The first-order valence-electron chi connectivity index (χ1n) is 9.24. The summed E-state index contributed by atoms with van der Waals surface area (Å²) in [4.78, 5) is 28.5. The molecular weight excluding hydrogens is 391 g/mol. The molecule has 2 amide bonds. The molecule has 4 rings (SSSR count). The molecule has 1 aliphatic heterocycles. The van der Waals surface area contributed by atoms with Crippen molar-refractivity contribution in [2.75, 3.05) is 18.5 Å². The quantitative estimate of drug-likeness (QED) is 0.690. The van der Waals surface area contributed by atoms with Gasteiger partial charge in [0.15, 0.2) is 0 Å². The van der Waals surface area contributed by atoms with E-state index in [1.54, 1.807) is 24.3 Å². The molecule has 1 N–H and O–H groups in total. The third-order valence-corrected chi connectivity index (χ3v) is 5.62. The first kappa shape index (κ1) is 19.1. The highest BCUT2D eigenvalue weighted by Crippen LogP contribution is 2.39. The number of amides is 2. The Kier molecular flexibility index (Phi) is 5.31. The van der Waals surface area contributed by atoms with Crippen molar-refractivity contribution in [2.45, 2.75) is 13.0 Å². The number of ether oxygens (including phenoxy) is 1. The van der Waals surface area contributed by atoms with Crippen molar-refractivity contribution in [3.8, 4) is 5.75 Å². The van der Waals surface area contributed by atoms with E-state index in [0.717, 1.165) is 4.88 Å². The Hall–Kier alpha value is -3.19. The molecule has 1 aromatic heterocycles. The summed E-state index contributed by atoms with van der Waals surface area (Å²) >= 11 is 1.45. The van der Waals surface area contributed by atoms with Crippen molar-refractivity contribution in [3.05, 3.63) is 81.8 Å². The number of hydrogen-bond acceptors (Lipinski definition) is 4. The summed E-state index contributed by atoms with van der Waals surface area (Å²) in [6.07, 6.45) is 0. The molecule has 29 heavy (non-hydrogen) atoms. The van der Waals surface area contributed by atoms with Gasteiger partial charge in [-0.15, -0.1) is 11.3 Å². The number of para-hydroxylation sites is 1. The van der Waals surface area contributed by atoms with E-state index in [1.165, 1.54) is 34.4 Å². The highest BCUT2D eigenvalue weighted by atomic mass is 32.1. The second-order valence-corrected chi connectivity index (χ2v) is 7.54. The number of halogens is 1. The number of fused-ring (bicyclic) bond motifs is 1. The zero-order valence-electron chi connectivity index (χ0n) is 15.7. The molecule has 148 valence electrons. The Morgan fingerprint density at radius 2 is 2.07 bits per heavy atom. The Bertz CT molecular complexity index is 1050. The number of carbonyl (C=O) groups excluding carboxylic acids is 2. The lowest BCUT2D eigenvalue weighted by molar-refractivity contribution is -0.117. The van der Waals surface area contributed by atoms with Crippen LogP contribution in [0.2, 0.25) is 0 Å². The zero-order valence-corrected chi connectivity index (χ0v) is 16.5. The average molecular weight is 410 g/mol. The Labute approximate surface area is 171 Å². The summed E-state index contributed by atoms with van der Waals surface area (Å²) in [5.41, 5.74) is 1.41. The van der Waals surface area contributed by atoms with Crippen molar-refractivity contribution >= 4 is 28.8 Å². The molecule has 1 unspecified atom stereocenters. The molecule has 0 aliphatic carbocycles. The number of benzene rings is 2. The topological polar surface area (TPSA) is 58.6 Å². The normalized spacial score (nSPS) is 16.0. The summed E-state index contributed by atoms with van der Waals surface area (Å²) in [5.74, 6) is -0.656. The average Bonchev–Trinajstić information content (AvgIpc) is 3.19. The monoisotopic (exact) mass is 410 g/mol. The predicted octanol–water partition coefficient (Wildman–Crippen LogP) is 4.47. The first-order chi connectivity index (χ1) is 14.1. The van der Waals surface area contributed by atoms with Crippen molar-refractivity contribution < 1.29 is 18.7 Å². The van der Waals surface area contributed by atoms with Crippen LogP contribution in [-0.2, 0) is 4.79 Å². The molecule has 2 aromatic carbocycles. The molecule has 1 atom stereocenters. The van der Waals surface area contributed by atoms with Crippen LogP contribution in [0.3, 0.4) is 0 Å². The van der Waals surface area contributed by atoms with E-state index in [-0.39, 0.29) is 18.4 Å². The fraction of sp³-hybridized carbons (Fsp3) is 0.182. The summed E-state index contributed by atoms with van der Waals surface area (Å²) in [6.45, 7) is 2.10. The fourth-order valence-corrected chi connectivity index (χ4v) is 4.35. The largest absolute Gasteiger partial charge is 0.493 e. The van der Waals surface area contributed by atoms with Crippen molar-refractivity contribution in [1.82, 2.24) is 4.90 Å². The van der Waals surface area contributed by atoms with Gasteiger partial charge in [0.05, 0.1) is 18.2 Å². The van der Waals surface area contributed by atoms with E-state index < -0.39 is 11.9 Å². The van der Waals surface area contributed by atoms with Gasteiger partial charge in [0.1, 0.15) is 18.1 Å². The number of rotatable bonds is 4. The highest BCUT2D eigenvalue weighted by Gasteiger charge is 2.35. The van der Waals surface area contributed by atoms with Crippen molar-refractivity contribution in [2.24, 2.45) is 0 Å². The molecule has 3 aromatic rings. The first-order valence-corrected chi connectivity index (χ1v) is 10.1. The van der Waals surface area contributed by atoms with Gasteiger partial charge in [0.2, 0.25) is 5.91 Å². The van der Waals surface area contributed by atoms with Crippen LogP contribution in [0, 0.1) is 5.82 Å². The molecule has 0 fully saturated rings. The van der Waals surface area contributed by atoms with Gasteiger partial charge >= 0.3 is 0 Å². The number of hydrogen-bond donors (Lipinski definition) is 1. The van der Waals surface area contributed by atoms with Crippen LogP contribution >= 0.6 is 11.3 Å². The maximum Gasteiger partial charge on any atom is 0.258 e. The van der Waals surface area contributed by atoms with E-state index in [2.05, 4.69) is 5.32 Å². The summed E-state index contributed by atoms with van der Waals surface area (Å²) < 4.78 is 19.7. The summed E-state index contributed by atoms with van der Waals surface area (Å²) in [5, 5.41) is 4.69. The highest BCUT2D eigenvalue weighted by molar-refractivity contribution is 7.10. The second-order valence-electron chi connectivity index (χ2n) is 6.56. The Morgan fingerprint density at radius 1 is 1.24 bits per heavy atom. The van der Waals surface area contributed by atoms with E-state index in [0.29, 0.717) is 29.2 Å². The second kappa shape index (κ2) is 8.05. The van der Waals surface area contributed by atoms with Crippen LogP contribution in [0.4, 0.5) is 10.1 Å². The molecule has 7 heteroatoms. The zero-order chi connectivity index (χ0) is 20.4. The number of carbonyl (C=O) groups is 2. The molecule has 0 saturated heterocycles. The molecule has 5 nitrogen and oxygen atoms in total. The smallest absolute Gasteiger partial charge is 0.258 e. The Balaban J connectivity index is 1.86. The van der Waals surface area contributed by atoms with Crippen LogP contribution in [0.25, 0.3) is 0 Å². The number of nitrogens with zero attached hydrogens (tertiary/aromatic N) is 1. The molecule has 0 spiro atoms. The lowest BCUT2D eigenvalue weighted by Crippen LogP contribution is -2.38. The summed E-state index contributed by atoms with van der Waals surface area (Å²) in [6, 6.07) is 14.3. The minimum absolute atomic E-state index is 0.155. The minimum Gasteiger partial charge on any atom is -0.493 e. The molecule has 1 aliphatic rings. The van der Waals surface area contributed by atoms with E-state index in [9.17, 15) is 14.0 Å². The molecule has 0 bridgehead atoms. The van der Waals surface area contributed by atoms with Crippen molar-refractivity contribution in [3.63, 3.8) is 0 Å². The number of thiophene rings is 1. The number of anilines is 1. The third kappa shape index (κ3) is 3.73. The standard InChI is InChI=1S/C22H19FN2O3S/c1-2-28-18-7-4-3-6-15(18)22(27)25-13-20(26)24-17-10-9-14(23)12-16(17)21(25)19-8-5-11-29-19/h3-12,21H,2,13H2,1H3,(H,24,26). The maximum atomic E-state index is 14.1. The lowest BCUT2D eigenvalue weighted by Gasteiger charge is -2.30. The van der Waals surface area contributed by atoms with Gasteiger partial charge in [-0.25, -0.2) is 4.39 Å². The van der Waals surface area contributed by atoms with Gasteiger partial charge in [-0.3, -0.25) is 9.59 Å². The molecule has 0 radical (unpaired) electrons. The van der Waals surface area contributed by atoms with Crippen molar-refractivity contribution in [1.29, 1.82) is 0 Å².